The van der Waals surface area contributed by atoms with E-state index >= 15 is 0 Å². The maximum atomic E-state index is 12.3. The fourth-order valence-corrected chi connectivity index (χ4v) is 3.19. The van der Waals surface area contributed by atoms with Gasteiger partial charge in [0, 0.05) is 6.04 Å². The van der Waals surface area contributed by atoms with Crippen molar-refractivity contribution in [3.63, 3.8) is 0 Å². The molecule has 0 aromatic heterocycles. The Morgan fingerprint density at radius 2 is 2.00 bits per heavy atom. The first-order chi connectivity index (χ1) is 8.06. The first-order valence-corrected chi connectivity index (χ1v) is 6.68. The third-order valence-corrected chi connectivity index (χ3v) is 4.18. The van der Waals surface area contributed by atoms with Crippen LogP contribution in [0.2, 0.25) is 0 Å². The molecule has 0 radical (unpaired) electrons. The number of nitrogens with one attached hydrogen (secondary N) is 1. The van der Waals surface area contributed by atoms with Gasteiger partial charge in [-0.25, -0.2) is 0 Å². The minimum absolute atomic E-state index is 0.0127. The highest BCUT2D eigenvalue weighted by atomic mass is 16.2. The molecule has 2 amide bonds. The van der Waals surface area contributed by atoms with Gasteiger partial charge < -0.3 is 10.2 Å². The smallest absolute Gasteiger partial charge is 0.245 e. The van der Waals surface area contributed by atoms with E-state index in [0.29, 0.717) is 12.3 Å². The highest BCUT2D eigenvalue weighted by Gasteiger charge is 2.43. The van der Waals surface area contributed by atoms with Gasteiger partial charge in [0.25, 0.3) is 0 Å². The molecule has 96 valence electrons. The summed E-state index contributed by atoms with van der Waals surface area (Å²) in [7, 11) is 0. The fraction of sp³-hybridized carbons (Fsp3) is 0.846. The third-order valence-electron chi connectivity index (χ3n) is 4.18. The molecule has 2 fully saturated rings. The number of hydrogen-bond donors (Lipinski definition) is 1. The Balaban J connectivity index is 2.25. The molecule has 1 saturated carbocycles. The normalized spacial score (nSPS) is 38.4. The Morgan fingerprint density at radius 3 is 2.53 bits per heavy atom. The van der Waals surface area contributed by atoms with E-state index in [2.05, 4.69) is 12.2 Å². The van der Waals surface area contributed by atoms with Crippen molar-refractivity contribution in [2.24, 2.45) is 5.92 Å². The molecule has 17 heavy (non-hydrogen) atoms. The predicted octanol–water partition coefficient (Wildman–Crippen LogP) is 1.30. The van der Waals surface area contributed by atoms with E-state index in [0.717, 1.165) is 6.42 Å². The van der Waals surface area contributed by atoms with Gasteiger partial charge in [-0.15, -0.1) is 0 Å². The Kier molecular flexibility index (Phi) is 3.40. The van der Waals surface area contributed by atoms with Crippen LogP contribution in [0.1, 0.15) is 46.5 Å². The van der Waals surface area contributed by atoms with E-state index in [1.807, 2.05) is 11.8 Å². The SMILES string of the molecule is CCC1C(=O)NC(C)C(=O)N1C1CCCC1C. The number of nitrogens with zero attached hydrogens (tertiary/aromatic N) is 1. The van der Waals surface area contributed by atoms with E-state index in [1.165, 1.54) is 12.8 Å². The molecule has 0 aromatic rings. The van der Waals surface area contributed by atoms with Crippen molar-refractivity contribution in [1.29, 1.82) is 0 Å². The Labute approximate surface area is 103 Å². The van der Waals surface area contributed by atoms with Crippen molar-refractivity contribution in [3.05, 3.63) is 0 Å². The van der Waals surface area contributed by atoms with E-state index < -0.39 is 0 Å². The van der Waals surface area contributed by atoms with Crippen molar-refractivity contribution >= 4 is 11.8 Å². The number of rotatable bonds is 2. The summed E-state index contributed by atoms with van der Waals surface area (Å²) in [4.78, 5) is 26.1. The van der Waals surface area contributed by atoms with Crippen molar-refractivity contribution in [1.82, 2.24) is 10.2 Å². The van der Waals surface area contributed by atoms with Crippen LogP contribution in [-0.2, 0) is 9.59 Å². The van der Waals surface area contributed by atoms with Gasteiger partial charge in [0.15, 0.2) is 0 Å². The van der Waals surface area contributed by atoms with Crippen LogP contribution in [0.4, 0.5) is 0 Å². The number of hydrogen-bond acceptors (Lipinski definition) is 2. The van der Waals surface area contributed by atoms with E-state index in [1.54, 1.807) is 6.92 Å². The first-order valence-electron chi connectivity index (χ1n) is 6.68. The zero-order chi connectivity index (χ0) is 12.6. The lowest BCUT2D eigenvalue weighted by Gasteiger charge is -2.42. The van der Waals surface area contributed by atoms with Gasteiger partial charge >= 0.3 is 0 Å². The van der Waals surface area contributed by atoms with Gasteiger partial charge in [0.1, 0.15) is 12.1 Å². The van der Waals surface area contributed by atoms with Crippen LogP contribution < -0.4 is 5.32 Å². The average molecular weight is 238 g/mol. The summed E-state index contributed by atoms with van der Waals surface area (Å²) < 4.78 is 0. The molecule has 1 aliphatic heterocycles. The van der Waals surface area contributed by atoms with Crippen LogP contribution in [0.15, 0.2) is 0 Å². The zero-order valence-corrected chi connectivity index (χ0v) is 10.9. The second-order valence-electron chi connectivity index (χ2n) is 5.38. The molecule has 1 aliphatic carbocycles. The van der Waals surface area contributed by atoms with E-state index in [-0.39, 0.29) is 29.9 Å². The van der Waals surface area contributed by atoms with Gasteiger partial charge in [-0.05, 0) is 32.1 Å². The van der Waals surface area contributed by atoms with Crippen molar-refractivity contribution < 1.29 is 9.59 Å². The van der Waals surface area contributed by atoms with Crippen LogP contribution >= 0.6 is 0 Å². The molecule has 0 bridgehead atoms. The lowest BCUT2D eigenvalue weighted by atomic mass is 9.97. The summed E-state index contributed by atoms with van der Waals surface area (Å²) in [6, 6.07) is -0.358. The quantitative estimate of drug-likeness (QED) is 0.788. The molecular formula is C13H22N2O2. The summed E-state index contributed by atoms with van der Waals surface area (Å²) in [5, 5.41) is 2.77. The molecule has 4 nitrogen and oxygen atoms in total. The van der Waals surface area contributed by atoms with Crippen LogP contribution in [0.5, 0.6) is 0 Å². The molecule has 2 rings (SSSR count). The van der Waals surface area contributed by atoms with Gasteiger partial charge in [-0.3, -0.25) is 9.59 Å². The molecule has 1 saturated heterocycles. The zero-order valence-electron chi connectivity index (χ0n) is 10.9. The first kappa shape index (κ1) is 12.4. The van der Waals surface area contributed by atoms with E-state index in [9.17, 15) is 9.59 Å². The lowest BCUT2D eigenvalue weighted by molar-refractivity contribution is -0.152. The topological polar surface area (TPSA) is 49.4 Å². The Hall–Kier alpha value is -1.06. The molecule has 0 spiro atoms. The van der Waals surface area contributed by atoms with Crippen LogP contribution in [0, 0.1) is 5.92 Å². The summed E-state index contributed by atoms with van der Waals surface area (Å²) in [5.41, 5.74) is 0. The fourth-order valence-electron chi connectivity index (χ4n) is 3.19. The standard InChI is InChI=1S/C13H22N2O2/c1-4-10-12(16)14-9(3)13(17)15(10)11-7-5-6-8(11)2/h8-11H,4-7H2,1-3H3,(H,14,16). The average Bonchev–Trinajstić information content (AvgIpc) is 2.69. The monoisotopic (exact) mass is 238 g/mol. The number of piperazine rings is 1. The summed E-state index contributed by atoms with van der Waals surface area (Å²) in [5.74, 6) is 0.625. The molecular weight excluding hydrogens is 216 g/mol. The molecule has 4 heteroatoms. The highest BCUT2D eigenvalue weighted by Crippen LogP contribution is 2.32. The summed E-state index contributed by atoms with van der Waals surface area (Å²) in [6.45, 7) is 5.94. The molecule has 4 atom stereocenters. The van der Waals surface area contributed by atoms with Gasteiger partial charge in [0.2, 0.25) is 11.8 Å². The van der Waals surface area contributed by atoms with Crippen LogP contribution in [0.25, 0.3) is 0 Å². The maximum absolute atomic E-state index is 12.3. The minimum atomic E-state index is -0.363. The number of carbonyl (C=O) groups is 2. The summed E-state index contributed by atoms with van der Waals surface area (Å²) >= 11 is 0. The minimum Gasteiger partial charge on any atom is -0.343 e. The number of amides is 2. The Morgan fingerprint density at radius 1 is 1.29 bits per heavy atom. The van der Waals surface area contributed by atoms with Crippen molar-refractivity contribution in [2.75, 3.05) is 0 Å². The molecule has 1 heterocycles. The maximum Gasteiger partial charge on any atom is 0.245 e. The predicted molar refractivity (Wildman–Crippen MR) is 65.3 cm³/mol. The van der Waals surface area contributed by atoms with Crippen LogP contribution in [0.3, 0.4) is 0 Å². The number of carbonyl (C=O) groups excluding carboxylic acids is 2. The largest absolute Gasteiger partial charge is 0.343 e. The molecule has 0 aromatic carbocycles. The Bertz CT molecular complexity index is 329. The molecule has 2 aliphatic rings. The lowest BCUT2D eigenvalue weighted by Crippen LogP contribution is -2.65. The van der Waals surface area contributed by atoms with Gasteiger partial charge in [-0.1, -0.05) is 20.3 Å². The second-order valence-corrected chi connectivity index (χ2v) is 5.38. The van der Waals surface area contributed by atoms with Crippen LogP contribution in [-0.4, -0.2) is 34.8 Å². The molecule has 4 unspecified atom stereocenters. The third kappa shape index (κ3) is 2.05. The van der Waals surface area contributed by atoms with E-state index in [4.69, 9.17) is 0 Å². The van der Waals surface area contributed by atoms with Gasteiger partial charge in [-0.2, -0.15) is 0 Å². The molecule has 1 N–H and O–H groups in total. The van der Waals surface area contributed by atoms with Crippen molar-refractivity contribution in [3.8, 4) is 0 Å². The van der Waals surface area contributed by atoms with Crippen molar-refractivity contribution in [2.45, 2.75) is 64.6 Å². The van der Waals surface area contributed by atoms with Gasteiger partial charge in [0.05, 0.1) is 0 Å². The highest BCUT2D eigenvalue weighted by molar-refractivity contribution is 5.96. The summed E-state index contributed by atoms with van der Waals surface area (Å²) in [6.07, 6.45) is 4.08. The second kappa shape index (κ2) is 4.67.